The van der Waals surface area contributed by atoms with E-state index in [1.807, 2.05) is 32.0 Å². The van der Waals surface area contributed by atoms with E-state index in [4.69, 9.17) is 9.47 Å². The normalized spacial score (nSPS) is 15.3. The highest BCUT2D eigenvalue weighted by atomic mass is 79.9. The maximum absolute atomic E-state index is 13.9. The fourth-order valence-corrected chi connectivity index (χ4v) is 3.94. The molecule has 1 saturated heterocycles. The van der Waals surface area contributed by atoms with Crippen LogP contribution in [0.4, 0.5) is 4.39 Å². The molecule has 0 radical (unpaired) electrons. The van der Waals surface area contributed by atoms with Crippen LogP contribution in [-0.4, -0.2) is 43.2 Å². The molecule has 7 heteroatoms. The molecule has 1 aliphatic rings. The van der Waals surface area contributed by atoms with Gasteiger partial charge in [-0.25, -0.2) is 4.39 Å². The van der Waals surface area contributed by atoms with Crippen LogP contribution in [0.25, 0.3) is 0 Å². The minimum atomic E-state index is -0.342. The Morgan fingerprint density at radius 3 is 2.57 bits per heavy atom. The van der Waals surface area contributed by atoms with E-state index in [0.717, 1.165) is 36.0 Å². The van der Waals surface area contributed by atoms with Crippen molar-refractivity contribution in [1.82, 2.24) is 10.2 Å². The first-order valence-electron chi connectivity index (χ1n) is 10.2. The number of carbonyl (C=O) groups excluding carboxylic acids is 1. The van der Waals surface area contributed by atoms with Crippen molar-refractivity contribution in [2.45, 2.75) is 45.4 Å². The number of amides is 1. The molecule has 0 unspecified atom stereocenters. The Kier molecular flexibility index (Phi) is 7.72. The third-order valence-corrected chi connectivity index (χ3v) is 5.59. The first-order valence-corrected chi connectivity index (χ1v) is 11.0. The second-order valence-electron chi connectivity index (χ2n) is 7.80. The second kappa shape index (κ2) is 10.3. The zero-order chi connectivity index (χ0) is 21.7. The molecule has 0 aromatic heterocycles. The molecule has 2 aromatic rings. The number of rotatable bonds is 7. The molecule has 162 valence electrons. The first kappa shape index (κ1) is 22.6. The molecule has 0 spiro atoms. The lowest BCUT2D eigenvalue weighted by atomic mass is 10.0. The average Bonchev–Trinajstić information content (AvgIpc) is 2.69. The molecule has 1 N–H and O–H groups in total. The first-order chi connectivity index (χ1) is 14.4. The maximum Gasteiger partial charge on any atom is 0.255 e. The fourth-order valence-electron chi connectivity index (χ4n) is 3.60. The van der Waals surface area contributed by atoms with Crippen LogP contribution in [0.1, 0.15) is 42.6 Å². The van der Waals surface area contributed by atoms with Crippen LogP contribution in [0.3, 0.4) is 0 Å². The summed E-state index contributed by atoms with van der Waals surface area (Å²) in [7, 11) is 1.46. The lowest BCUT2D eigenvalue weighted by Crippen LogP contribution is -2.44. The summed E-state index contributed by atoms with van der Waals surface area (Å²) in [6.45, 7) is 6.24. The van der Waals surface area contributed by atoms with E-state index in [9.17, 15) is 9.18 Å². The summed E-state index contributed by atoms with van der Waals surface area (Å²) >= 11 is 3.43. The topological polar surface area (TPSA) is 50.8 Å². The molecule has 5 nitrogen and oxygen atoms in total. The van der Waals surface area contributed by atoms with Gasteiger partial charge in [-0.15, -0.1) is 0 Å². The van der Waals surface area contributed by atoms with Crippen LogP contribution in [0, 0.1) is 5.82 Å². The molecule has 0 aliphatic carbocycles. The van der Waals surface area contributed by atoms with Gasteiger partial charge in [0, 0.05) is 30.1 Å². The Hall–Kier alpha value is -2.12. The molecule has 30 heavy (non-hydrogen) atoms. The van der Waals surface area contributed by atoms with Gasteiger partial charge in [0.05, 0.1) is 18.8 Å². The molecule has 1 heterocycles. The van der Waals surface area contributed by atoms with Crippen LogP contribution >= 0.6 is 15.9 Å². The van der Waals surface area contributed by atoms with Gasteiger partial charge in [-0.1, -0.05) is 22.0 Å². The monoisotopic (exact) mass is 478 g/mol. The third kappa shape index (κ3) is 5.95. The zero-order valence-electron chi connectivity index (χ0n) is 17.6. The Morgan fingerprint density at radius 1 is 1.20 bits per heavy atom. The van der Waals surface area contributed by atoms with Crippen molar-refractivity contribution in [2.24, 2.45) is 0 Å². The lowest BCUT2D eigenvalue weighted by molar-refractivity contribution is 0.0903. The zero-order valence-corrected chi connectivity index (χ0v) is 19.2. The van der Waals surface area contributed by atoms with Crippen molar-refractivity contribution < 1.29 is 18.7 Å². The number of hydrogen-bond acceptors (Lipinski definition) is 4. The standard InChI is InChI=1S/C23H28BrFN2O3/c1-15(2)30-22-13-17(24)5-6-19(22)23(28)26-18-8-10-27(11-9-18)14-16-4-7-21(29-3)20(25)12-16/h4-7,12-13,15,18H,8-11,14H2,1-3H3,(H,26,28). The van der Waals surface area contributed by atoms with Crippen LogP contribution in [-0.2, 0) is 6.54 Å². The molecule has 3 rings (SSSR count). The van der Waals surface area contributed by atoms with E-state index in [0.29, 0.717) is 17.9 Å². The van der Waals surface area contributed by atoms with E-state index in [1.165, 1.54) is 13.2 Å². The second-order valence-corrected chi connectivity index (χ2v) is 8.72. The predicted octanol–water partition coefficient (Wildman–Crippen LogP) is 4.78. The van der Waals surface area contributed by atoms with Gasteiger partial charge in [0.25, 0.3) is 5.91 Å². The SMILES string of the molecule is COc1ccc(CN2CCC(NC(=O)c3ccc(Br)cc3OC(C)C)CC2)cc1F. The number of nitrogens with one attached hydrogen (secondary N) is 1. The molecule has 1 aliphatic heterocycles. The van der Waals surface area contributed by atoms with Crippen LogP contribution in [0.2, 0.25) is 0 Å². The molecule has 1 fully saturated rings. The van der Waals surface area contributed by atoms with Gasteiger partial charge < -0.3 is 14.8 Å². The van der Waals surface area contributed by atoms with E-state index in [1.54, 1.807) is 12.1 Å². The van der Waals surface area contributed by atoms with E-state index in [-0.39, 0.29) is 29.6 Å². The van der Waals surface area contributed by atoms with Gasteiger partial charge in [-0.3, -0.25) is 9.69 Å². The highest BCUT2D eigenvalue weighted by molar-refractivity contribution is 9.10. The Labute approximate surface area is 185 Å². The van der Waals surface area contributed by atoms with Crippen molar-refractivity contribution in [3.8, 4) is 11.5 Å². The Morgan fingerprint density at radius 2 is 1.93 bits per heavy atom. The summed E-state index contributed by atoms with van der Waals surface area (Å²) in [5, 5.41) is 3.14. The number of hydrogen-bond donors (Lipinski definition) is 1. The van der Waals surface area contributed by atoms with E-state index < -0.39 is 0 Å². The van der Waals surface area contributed by atoms with Gasteiger partial charge >= 0.3 is 0 Å². The van der Waals surface area contributed by atoms with E-state index in [2.05, 4.69) is 26.1 Å². The number of piperidine rings is 1. The smallest absolute Gasteiger partial charge is 0.255 e. The van der Waals surface area contributed by atoms with Crippen molar-refractivity contribution in [1.29, 1.82) is 0 Å². The van der Waals surface area contributed by atoms with Crippen molar-refractivity contribution in [3.63, 3.8) is 0 Å². The number of methoxy groups -OCH3 is 1. The van der Waals surface area contributed by atoms with Gasteiger partial charge in [0.1, 0.15) is 5.75 Å². The molecule has 0 atom stereocenters. The summed E-state index contributed by atoms with van der Waals surface area (Å²) in [5.41, 5.74) is 1.46. The Balaban J connectivity index is 1.54. The predicted molar refractivity (Wildman–Crippen MR) is 119 cm³/mol. The number of ether oxygens (including phenoxy) is 2. The highest BCUT2D eigenvalue weighted by Gasteiger charge is 2.23. The molecule has 0 saturated carbocycles. The summed E-state index contributed by atoms with van der Waals surface area (Å²) in [5.74, 6) is 0.379. The largest absolute Gasteiger partial charge is 0.494 e. The quantitative estimate of drug-likeness (QED) is 0.621. The number of halogens is 2. The molecule has 1 amide bonds. The van der Waals surface area contributed by atoms with Gasteiger partial charge in [0.15, 0.2) is 11.6 Å². The third-order valence-electron chi connectivity index (χ3n) is 5.10. The lowest BCUT2D eigenvalue weighted by Gasteiger charge is -2.32. The molecular formula is C23H28BrFN2O3. The summed E-state index contributed by atoms with van der Waals surface area (Å²) in [4.78, 5) is 15.1. The van der Waals surface area contributed by atoms with E-state index >= 15 is 0 Å². The van der Waals surface area contributed by atoms with Crippen molar-refractivity contribution in [3.05, 3.63) is 57.8 Å². The minimum absolute atomic E-state index is 0.0168. The highest BCUT2D eigenvalue weighted by Crippen LogP contribution is 2.26. The maximum atomic E-state index is 13.9. The fraction of sp³-hybridized carbons (Fsp3) is 0.435. The summed E-state index contributed by atoms with van der Waals surface area (Å²) in [6.07, 6.45) is 1.68. The molecule has 0 bridgehead atoms. The average molecular weight is 479 g/mol. The summed E-state index contributed by atoms with van der Waals surface area (Å²) in [6, 6.07) is 10.6. The van der Waals surface area contributed by atoms with Gasteiger partial charge in [0.2, 0.25) is 0 Å². The number of nitrogens with zero attached hydrogens (tertiary/aromatic N) is 1. The van der Waals surface area contributed by atoms with Crippen LogP contribution < -0.4 is 14.8 Å². The summed E-state index contributed by atoms with van der Waals surface area (Å²) < 4.78 is 25.6. The number of benzene rings is 2. The molecular weight excluding hydrogens is 451 g/mol. The molecule has 2 aromatic carbocycles. The van der Waals surface area contributed by atoms with Crippen LogP contribution in [0.15, 0.2) is 40.9 Å². The number of likely N-dealkylation sites (tertiary alicyclic amines) is 1. The van der Waals surface area contributed by atoms with Crippen molar-refractivity contribution in [2.75, 3.05) is 20.2 Å². The minimum Gasteiger partial charge on any atom is -0.494 e. The van der Waals surface area contributed by atoms with Gasteiger partial charge in [-0.2, -0.15) is 0 Å². The van der Waals surface area contributed by atoms with Crippen LogP contribution in [0.5, 0.6) is 11.5 Å². The Bertz CT molecular complexity index is 883. The number of carbonyl (C=O) groups is 1. The van der Waals surface area contributed by atoms with Gasteiger partial charge in [-0.05, 0) is 62.6 Å². The van der Waals surface area contributed by atoms with Crippen molar-refractivity contribution >= 4 is 21.8 Å².